The Morgan fingerprint density at radius 2 is 2.21 bits per heavy atom. The number of aromatic carboxylic acids is 1. The molecule has 0 aliphatic rings. The largest absolute Gasteiger partial charge is 0.478 e. The smallest absolute Gasteiger partial charge is 0.335 e. The average Bonchev–Trinajstić information content (AvgIpc) is 2.36. The van der Waals surface area contributed by atoms with E-state index in [1.807, 2.05) is 13.8 Å². The van der Waals surface area contributed by atoms with Gasteiger partial charge in [0.25, 0.3) is 0 Å². The first-order valence-electron chi connectivity index (χ1n) is 6.68. The lowest BCUT2D eigenvalue weighted by atomic mass is 10.1. The van der Waals surface area contributed by atoms with Gasteiger partial charge in [0.15, 0.2) is 0 Å². The summed E-state index contributed by atoms with van der Waals surface area (Å²) in [5.41, 5.74) is 1.05. The first-order valence-corrected chi connectivity index (χ1v) is 6.68. The lowest BCUT2D eigenvalue weighted by Crippen LogP contribution is -2.17. The maximum absolute atomic E-state index is 11.1. The summed E-state index contributed by atoms with van der Waals surface area (Å²) < 4.78 is 0. The zero-order valence-electron chi connectivity index (χ0n) is 11.5. The number of aryl methyl sites for hydroxylation is 1. The van der Waals surface area contributed by atoms with Crippen molar-refractivity contribution < 1.29 is 15.0 Å². The van der Waals surface area contributed by atoms with Crippen LogP contribution in [0, 0.1) is 0 Å². The summed E-state index contributed by atoms with van der Waals surface area (Å²) in [5, 5.41) is 21.1. The van der Waals surface area contributed by atoms with E-state index in [0.717, 1.165) is 25.0 Å². The zero-order valence-corrected chi connectivity index (χ0v) is 11.5. The molecule has 5 nitrogen and oxygen atoms in total. The SMILES string of the molecule is CCCc1cc(C(=O)O)cc(NC(C)CCCO)n1. The zero-order chi connectivity index (χ0) is 14.3. The molecular formula is C14H22N2O3. The molecule has 5 heteroatoms. The van der Waals surface area contributed by atoms with Gasteiger partial charge in [0.2, 0.25) is 0 Å². The fraction of sp³-hybridized carbons (Fsp3) is 0.571. The molecule has 1 atom stereocenters. The maximum atomic E-state index is 11.1. The summed E-state index contributed by atoms with van der Waals surface area (Å²) in [7, 11) is 0. The predicted octanol–water partition coefficient (Wildman–Crippen LogP) is 2.31. The molecule has 1 aromatic heterocycles. The standard InChI is InChI=1S/C14H22N2O3/c1-3-5-12-8-11(14(18)19)9-13(16-12)15-10(2)6-4-7-17/h8-10,17H,3-7H2,1-2H3,(H,15,16)(H,18,19). The highest BCUT2D eigenvalue weighted by Crippen LogP contribution is 2.14. The Hall–Kier alpha value is -1.62. The summed E-state index contributed by atoms with van der Waals surface area (Å²) in [4.78, 5) is 15.5. The highest BCUT2D eigenvalue weighted by Gasteiger charge is 2.10. The number of aliphatic hydroxyl groups excluding tert-OH is 1. The quantitative estimate of drug-likeness (QED) is 0.672. The lowest BCUT2D eigenvalue weighted by molar-refractivity contribution is 0.0696. The molecular weight excluding hydrogens is 244 g/mol. The second-order valence-corrected chi connectivity index (χ2v) is 4.70. The molecule has 0 aromatic carbocycles. The van der Waals surface area contributed by atoms with Crippen LogP contribution in [0.3, 0.4) is 0 Å². The summed E-state index contributed by atoms with van der Waals surface area (Å²) >= 11 is 0. The van der Waals surface area contributed by atoms with Gasteiger partial charge in [0.05, 0.1) is 5.56 Å². The maximum Gasteiger partial charge on any atom is 0.335 e. The lowest BCUT2D eigenvalue weighted by Gasteiger charge is -2.15. The molecule has 1 aromatic rings. The second-order valence-electron chi connectivity index (χ2n) is 4.70. The molecule has 19 heavy (non-hydrogen) atoms. The van der Waals surface area contributed by atoms with E-state index in [2.05, 4.69) is 10.3 Å². The number of carboxylic acid groups (broad SMARTS) is 1. The Balaban J connectivity index is 2.83. The van der Waals surface area contributed by atoms with Gasteiger partial charge in [0, 0.05) is 18.3 Å². The Kier molecular flexibility index (Phi) is 6.29. The van der Waals surface area contributed by atoms with Gasteiger partial charge in [-0.15, -0.1) is 0 Å². The van der Waals surface area contributed by atoms with E-state index < -0.39 is 5.97 Å². The first-order chi connectivity index (χ1) is 9.06. The van der Waals surface area contributed by atoms with Gasteiger partial charge in [-0.1, -0.05) is 13.3 Å². The van der Waals surface area contributed by atoms with Crippen molar-refractivity contribution in [2.75, 3.05) is 11.9 Å². The molecule has 0 fully saturated rings. The minimum atomic E-state index is -0.939. The number of hydrogen-bond acceptors (Lipinski definition) is 4. The highest BCUT2D eigenvalue weighted by molar-refractivity contribution is 5.88. The number of hydrogen-bond donors (Lipinski definition) is 3. The number of carboxylic acids is 1. The molecule has 0 saturated heterocycles. The van der Waals surface area contributed by atoms with Gasteiger partial charge >= 0.3 is 5.97 Å². The van der Waals surface area contributed by atoms with Crippen molar-refractivity contribution in [2.24, 2.45) is 0 Å². The van der Waals surface area contributed by atoms with Gasteiger partial charge in [0.1, 0.15) is 5.82 Å². The third-order valence-corrected chi connectivity index (χ3v) is 2.82. The molecule has 1 rings (SSSR count). The topological polar surface area (TPSA) is 82.5 Å². The van der Waals surface area contributed by atoms with Crippen LogP contribution in [-0.4, -0.2) is 33.8 Å². The second kappa shape index (κ2) is 7.74. The Bertz CT molecular complexity index is 421. The van der Waals surface area contributed by atoms with E-state index in [1.54, 1.807) is 12.1 Å². The van der Waals surface area contributed by atoms with Crippen LogP contribution in [0.2, 0.25) is 0 Å². The van der Waals surface area contributed by atoms with E-state index >= 15 is 0 Å². The van der Waals surface area contributed by atoms with E-state index in [0.29, 0.717) is 12.2 Å². The molecule has 0 aliphatic heterocycles. The van der Waals surface area contributed by atoms with Gasteiger partial charge < -0.3 is 15.5 Å². The molecule has 3 N–H and O–H groups in total. The van der Waals surface area contributed by atoms with E-state index in [1.165, 1.54) is 0 Å². The molecule has 0 amide bonds. The summed E-state index contributed by atoms with van der Waals surface area (Å²) in [6.45, 7) is 4.19. The molecule has 0 aliphatic carbocycles. The minimum Gasteiger partial charge on any atom is -0.478 e. The molecule has 0 spiro atoms. The number of nitrogens with zero attached hydrogens (tertiary/aromatic N) is 1. The number of anilines is 1. The third kappa shape index (κ3) is 5.26. The number of carbonyl (C=O) groups is 1. The van der Waals surface area contributed by atoms with Crippen molar-refractivity contribution in [2.45, 2.75) is 45.6 Å². The predicted molar refractivity (Wildman–Crippen MR) is 74.6 cm³/mol. The third-order valence-electron chi connectivity index (χ3n) is 2.82. The molecule has 106 valence electrons. The fourth-order valence-electron chi connectivity index (χ4n) is 1.89. The minimum absolute atomic E-state index is 0.151. The van der Waals surface area contributed by atoms with Crippen LogP contribution in [-0.2, 0) is 6.42 Å². The molecule has 1 heterocycles. The Labute approximate surface area is 113 Å². The number of rotatable bonds is 8. The summed E-state index contributed by atoms with van der Waals surface area (Å²) in [6, 6.07) is 3.32. The normalized spacial score (nSPS) is 12.2. The van der Waals surface area contributed by atoms with E-state index in [-0.39, 0.29) is 18.2 Å². The molecule has 1 unspecified atom stereocenters. The molecule has 0 radical (unpaired) electrons. The monoisotopic (exact) mass is 266 g/mol. The molecule has 0 bridgehead atoms. The van der Waals surface area contributed by atoms with Gasteiger partial charge in [-0.25, -0.2) is 9.78 Å². The Morgan fingerprint density at radius 3 is 2.79 bits per heavy atom. The van der Waals surface area contributed by atoms with Crippen LogP contribution in [0.5, 0.6) is 0 Å². The van der Waals surface area contributed by atoms with Crippen molar-refractivity contribution in [1.29, 1.82) is 0 Å². The number of pyridine rings is 1. The van der Waals surface area contributed by atoms with Crippen molar-refractivity contribution in [3.05, 3.63) is 23.4 Å². The average molecular weight is 266 g/mol. The number of aliphatic hydroxyl groups is 1. The van der Waals surface area contributed by atoms with Crippen LogP contribution in [0.4, 0.5) is 5.82 Å². The van der Waals surface area contributed by atoms with Crippen molar-refractivity contribution >= 4 is 11.8 Å². The van der Waals surface area contributed by atoms with Crippen molar-refractivity contribution in [3.63, 3.8) is 0 Å². The van der Waals surface area contributed by atoms with Gasteiger partial charge in [-0.2, -0.15) is 0 Å². The van der Waals surface area contributed by atoms with Crippen LogP contribution in [0.1, 0.15) is 49.2 Å². The number of aromatic nitrogens is 1. The van der Waals surface area contributed by atoms with Crippen LogP contribution in [0.25, 0.3) is 0 Å². The summed E-state index contributed by atoms with van der Waals surface area (Å²) in [6.07, 6.45) is 3.23. The summed E-state index contributed by atoms with van der Waals surface area (Å²) in [5.74, 6) is -0.348. The molecule has 0 saturated carbocycles. The number of nitrogens with one attached hydrogen (secondary N) is 1. The van der Waals surface area contributed by atoms with Gasteiger partial charge in [-0.05, 0) is 38.3 Å². The van der Waals surface area contributed by atoms with Crippen LogP contribution >= 0.6 is 0 Å². The van der Waals surface area contributed by atoms with Gasteiger partial charge in [-0.3, -0.25) is 0 Å². The van der Waals surface area contributed by atoms with E-state index in [4.69, 9.17) is 10.2 Å². The van der Waals surface area contributed by atoms with Crippen LogP contribution < -0.4 is 5.32 Å². The highest BCUT2D eigenvalue weighted by atomic mass is 16.4. The van der Waals surface area contributed by atoms with Crippen molar-refractivity contribution in [3.8, 4) is 0 Å². The van der Waals surface area contributed by atoms with Crippen LogP contribution in [0.15, 0.2) is 12.1 Å². The first kappa shape index (κ1) is 15.4. The Morgan fingerprint density at radius 1 is 1.47 bits per heavy atom. The fourth-order valence-corrected chi connectivity index (χ4v) is 1.89. The van der Waals surface area contributed by atoms with Crippen molar-refractivity contribution in [1.82, 2.24) is 4.98 Å². The van der Waals surface area contributed by atoms with E-state index in [9.17, 15) is 4.79 Å².